The normalized spacial score (nSPS) is 11.6. The lowest BCUT2D eigenvalue weighted by Crippen LogP contribution is -2.13. The van der Waals surface area contributed by atoms with E-state index in [0.717, 1.165) is 12.8 Å². The van der Waals surface area contributed by atoms with Gasteiger partial charge < -0.3 is 9.47 Å². The maximum absolute atomic E-state index is 11.6. The molecule has 3 heteroatoms. The topological polar surface area (TPSA) is 35.5 Å². The molecule has 0 unspecified atom stereocenters. The van der Waals surface area contributed by atoms with Crippen LogP contribution in [0.5, 0.6) is 0 Å². The van der Waals surface area contributed by atoms with Crippen LogP contribution >= 0.6 is 0 Å². The number of hydrogen-bond donors (Lipinski definition) is 0. The van der Waals surface area contributed by atoms with Gasteiger partial charge in [-0.15, -0.1) is 0 Å². The molecular weight excluding hydrogens is 372 g/mol. The van der Waals surface area contributed by atoms with E-state index in [1.165, 1.54) is 96.3 Å². The second-order valence-electron chi connectivity index (χ2n) is 8.89. The summed E-state index contributed by atoms with van der Waals surface area (Å²) < 4.78 is 10.5. The lowest BCUT2D eigenvalue weighted by Gasteiger charge is -2.08. The molecule has 30 heavy (non-hydrogen) atoms. The molecule has 0 fully saturated rings. The summed E-state index contributed by atoms with van der Waals surface area (Å²) >= 11 is 0. The number of hydrogen-bond acceptors (Lipinski definition) is 3. The van der Waals surface area contributed by atoms with Gasteiger partial charge in [0.05, 0.1) is 12.7 Å². The highest BCUT2D eigenvalue weighted by atomic mass is 16.6. The third-order valence-electron chi connectivity index (χ3n) is 5.44. The summed E-state index contributed by atoms with van der Waals surface area (Å²) in [4.78, 5) is 11.6. The molecule has 3 nitrogen and oxygen atoms in total. The maximum atomic E-state index is 11.6. The van der Waals surface area contributed by atoms with Crippen LogP contribution < -0.4 is 0 Å². The predicted octanol–water partition coefficient (Wildman–Crippen LogP) is 8.55. The van der Waals surface area contributed by atoms with Crippen molar-refractivity contribution in [3.05, 3.63) is 12.2 Å². The van der Waals surface area contributed by atoms with Gasteiger partial charge in [0.2, 0.25) is 0 Å². The fraction of sp³-hybridized carbons (Fsp3) is 0.889. The first-order chi connectivity index (χ1) is 14.7. The summed E-state index contributed by atoms with van der Waals surface area (Å²) in [7, 11) is 0. The SMILES string of the molecule is CCCCCCCC/C=C\CCCCCCCCCCCC(=O)OCCOC(C)C. The number of rotatable bonds is 23. The zero-order chi connectivity index (χ0) is 22.1. The van der Waals surface area contributed by atoms with E-state index in [-0.39, 0.29) is 12.1 Å². The van der Waals surface area contributed by atoms with Crippen molar-refractivity contribution in [1.29, 1.82) is 0 Å². The van der Waals surface area contributed by atoms with Crippen molar-refractivity contribution in [3.63, 3.8) is 0 Å². The van der Waals surface area contributed by atoms with Crippen molar-refractivity contribution in [1.82, 2.24) is 0 Å². The Morgan fingerprint density at radius 1 is 0.667 bits per heavy atom. The molecule has 0 aliphatic heterocycles. The van der Waals surface area contributed by atoms with Gasteiger partial charge >= 0.3 is 5.97 Å². The standard InChI is InChI=1S/C27H52O3/c1-4-5-6-7-8-9-10-11-12-13-14-15-16-17-18-19-20-21-22-23-27(28)30-25-24-29-26(2)3/h11-12,26H,4-10,13-25H2,1-3H3/b12-11-. The minimum Gasteiger partial charge on any atom is -0.463 e. The summed E-state index contributed by atoms with van der Waals surface area (Å²) in [5.41, 5.74) is 0. The number of carbonyl (C=O) groups excluding carboxylic acids is 1. The number of ether oxygens (including phenoxy) is 2. The first-order valence-electron chi connectivity index (χ1n) is 13.1. The van der Waals surface area contributed by atoms with Crippen LogP contribution in [0.3, 0.4) is 0 Å². The number of carbonyl (C=O) groups is 1. The van der Waals surface area contributed by atoms with Crippen LogP contribution in [0.2, 0.25) is 0 Å². The Hall–Kier alpha value is -0.830. The summed E-state index contributed by atoms with van der Waals surface area (Å²) in [6.07, 6.45) is 27.9. The lowest BCUT2D eigenvalue weighted by atomic mass is 10.1. The molecule has 178 valence electrons. The van der Waals surface area contributed by atoms with Gasteiger partial charge in [-0.1, -0.05) is 96.1 Å². The van der Waals surface area contributed by atoms with Gasteiger partial charge in [0.1, 0.15) is 6.61 Å². The number of esters is 1. The minimum absolute atomic E-state index is 0.0802. The van der Waals surface area contributed by atoms with E-state index in [2.05, 4.69) is 19.1 Å². The Kier molecular flexibility index (Phi) is 23.8. The molecule has 0 heterocycles. The van der Waals surface area contributed by atoms with Crippen LogP contribution in [0.4, 0.5) is 0 Å². The maximum Gasteiger partial charge on any atom is 0.305 e. The van der Waals surface area contributed by atoms with Crippen molar-refractivity contribution >= 4 is 5.97 Å². The zero-order valence-corrected chi connectivity index (χ0v) is 20.6. The molecule has 0 aromatic carbocycles. The van der Waals surface area contributed by atoms with E-state index in [1.54, 1.807) is 0 Å². The molecule has 0 N–H and O–H groups in total. The summed E-state index contributed by atoms with van der Waals surface area (Å²) in [5, 5.41) is 0. The molecule has 0 rings (SSSR count). The molecule has 0 aliphatic rings. The number of allylic oxidation sites excluding steroid dienone is 2. The Bertz CT molecular complexity index is 376. The van der Waals surface area contributed by atoms with Gasteiger partial charge in [0.25, 0.3) is 0 Å². The molecule has 0 saturated carbocycles. The van der Waals surface area contributed by atoms with Crippen molar-refractivity contribution < 1.29 is 14.3 Å². The molecule has 0 aromatic rings. The van der Waals surface area contributed by atoms with E-state index in [9.17, 15) is 4.79 Å². The van der Waals surface area contributed by atoms with Crippen molar-refractivity contribution in [3.8, 4) is 0 Å². The van der Waals surface area contributed by atoms with Gasteiger partial charge in [0.15, 0.2) is 0 Å². The number of unbranched alkanes of at least 4 members (excludes halogenated alkanes) is 15. The van der Waals surface area contributed by atoms with Crippen LogP contribution in [0.15, 0.2) is 12.2 Å². The first kappa shape index (κ1) is 29.2. The van der Waals surface area contributed by atoms with Crippen LogP contribution in [0.25, 0.3) is 0 Å². The van der Waals surface area contributed by atoms with Gasteiger partial charge in [-0.05, 0) is 46.0 Å². The van der Waals surface area contributed by atoms with E-state index in [1.807, 2.05) is 13.8 Å². The Balaban J connectivity index is 3.17. The third kappa shape index (κ3) is 25.2. The molecule has 0 atom stereocenters. The quantitative estimate of drug-likeness (QED) is 0.0936. The second kappa shape index (κ2) is 24.4. The van der Waals surface area contributed by atoms with Crippen LogP contribution in [0, 0.1) is 0 Å². The van der Waals surface area contributed by atoms with Crippen molar-refractivity contribution in [2.75, 3.05) is 13.2 Å². The molecule has 0 aromatic heterocycles. The van der Waals surface area contributed by atoms with Gasteiger partial charge in [-0.25, -0.2) is 0 Å². The fourth-order valence-electron chi connectivity index (χ4n) is 3.56. The Morgan fingerprint density at radius 2 is 1.13 bits per heavy atom. The monoisotopic (exact) mass is 424 g/mol. The Labute approximate surface area is 188 Å². The highest BCUT2D eigenvalue weighted by molar-refractivity contribution is 5.69. The van der Waals surface area contributed by atoms with E-state index in [0.29, 0.717) is 19.6 Å². The highest BCUT2D eigenvalue weighted by Crippen LogP contribution is 2.12. The minimum atomic E-state index is -0.0802. The van der Waals surface area contributed by atoms with Gasteiger partial charge in [-0.2, -0.15) is 0 Å². The van der Waals surface area contributed by atoms with Crippen molar-refractivity contribution in [2.45, 2.75) is 142 Å². The van der Waals surface area contributed by atoms with Crippen LogP contribution in [-0.2, 0) is 14.3 Å². The largest absolute Gasteiger partial charge is 0.463 e. The summed E-state index contributed by atoms with van der Waals surface area (Å²) in [5.74, 6) is -0.0802. The zero-order valence-electron chi connectivity index (χ0n) is 20.6. The van der Waals surface area contributed by atoms with Crippen LogP contribution in [-0.4, -0.2) is 25.3 Å². The smallest absolute Gasteiger partial charge is 0.305 e. The predicted molar refractivity (Wildman–Crippen MR) is 130 cm³/mol. The highest BCUT2D eigenvalue weighted by Gasteiger charge is 2.03. The van der Waals surface area contributed by atoms with Crippen molar-refractivity contribution in [2.24, 2.45) is 0 Å². The average molecular weight is 425 g/mol. The molecule has 0 bridgehead atoms. The fourth-order valence-corrected chi connectivity index (χ4v) is 3.56. The first-order valence-corrected chi connectivity index (χ1v) is 13.1. The summed E-state index contributed by atoms with van der Waals surface area (Å²) in [6, 6.07) is 0. The molecular formula is C27H52O3. The van der Waals surface area contributed by atoms with Gasteiger partial charge in [0, 0.05) is 6.42 Å². The third-order valence-corrected chi connectivity index (χ3v) is 5.44. The lowest BCUT2D eigenvalue weighted by molar-refractivity contribution is -0.145. The Morgan fingerprint density at radius 3 is 1.63 bits per heavy atom. The molecule has 0 saturated heterocycles. The second-order valence-corrected chi connectivity index (χ2v) is 8.89. The van der Waals surface area contributed by atoms with E-state index >= 15 is 0 Å². The molecule has 0 spiro atoms. The molecule has 0 amide bonds. The average Bonchev–Trinajstić information content (AvgIpc) is 2.72. The summed E-state index contributed by atoms with van der Waals surface area (Å²) in [6.45, 7) is 7.12. The molecule has 0 aliphatic carbocycles. The van der Waals surface area contributed by atoms with Gasteiger partial charge in [-0.3, -0.25) is 4.79 Å². The van der Waals surface area contributed by atoms with E-state index in [4.69, 9.17) is 9.47 Å². The molecule has 0 radical (unpaired) electrons. The van der Waals surface area contributed by atoms with Crippen LogP contribution in [0.1, 0.15) is 136 Å². The van der Waals surface area contributed by atoms with E-state index < -0.39 is 0 Å².